The van der Waals surface area contributed by atoms with Crippen LogP contribution < -0.4 is 0 Å². The Hall–Kier alpha value is -2.20. The Balaban J connectivity index is 2.13. The van der Waals surface area contributed by atoms with Crippen molar-refractivity contribution >= 4 is 23.1 Å². The van der Waals surface area contributed by atoms with Crippen LogP contribution in [0.25, 0.3) is 5.57 Å². The van der Waals surface area contributed by atoms with Gasteiger partial charge in [-0.1, -0.05) is 30.7 Å². The molecule has 1 aromatic heterocycles. The van der Waals surface area contributed by atoms with E-state index in [0.29, 0.717) is 11.6 Å². The number of aromatic nitrogens is 2. The third-order valence-corrected chi connectivity index (χ3v) is 3.50. The summed E-state index contributed by atoms with van der Waals surface area (Å²) >= 11 is 6.01. The summed E-state index contributed by atoms with van der Waals surface area (Å²) in [6.45, 7) is 2.44. The van der Waals surface area contributed by atoms with Crippen molar-refractivity contribution in [3.8, 4) is 0 Å². The van der Waals surface area contributed by atoms with Gasteiger partial charge < -0.3 is 4.90 Å². The predicted octanol–water partition coefficient (Wildman–Crippen LogP) is 3.58. The van der Waals surface area contributed by atoms with Gasteiger partial charge in [0, 0.05) is 30.5 Å². The van der Waals surface area contributed by atoms with Gasteiger partial charge in [0.1, 0.15) is 0 Å². The molecule has 1 aromatic carbocycles. The summed E-state index contributed by atoms with van der Waals surface area (Å²) in [7, 11) is 1.75. The molecule has 0 fully saturated rings. The van der Waals surface area contributed by atoms with E-state index in [9.17, 15) is 4.79 Å². The molecule has 4 nitrogen and oxygen atoms in total. The monoisotopic (exact) mass is 315 g/mol. The molecule has 0 unspecified atom stereocenters. The molecule has 2 rings (SSSR count). The smallest absolute Gasteiger partial charge is 0.246 e. The van der Waals surface area contributed by atoms with E-state index < -0.39 is 0 Å². The summed E-state index contributed by atoms with van der Waals surface area (Å²) in [5.74, 6) is -0.0671. The Kier molecular flexibility index (Phi) is 5.67. The summed E-state index contributed by atoms with van der Waals surface area (Å²) in [6.07, 6.45) is 7.30. The van der Waals surface area contributed by atoms with Gasteiger partial charge in [0.05, 0.1) is 18.4 Å². The Labute approximate surface area is 135 Å². The number of amides is 1. The minimum absolute atomic E-state index is 0.0671. The first-order valence-electron chi connectivity index (χ1n) is 7.06. The maximum absolute atomic E-state index is 12.3. The average Bonchev–Trinajstić information content (AvgIpc) is 2.53. The zero-order chi connectivity index (χ0) is 15.9. The van der Waals surface area contributed by atoms with Gasteiger partial charge in [-0.15, -0.1) is 0 Å². The highest BCUT2D eigenvalue weighted by atomic mass is 35.5. The standard InChI is InChI=1S/C17H18ClN3O/c1-3-13(14-5-4-6-15(18)9-14)10-17(22)21(2)12-16-11-19-7-8-20-16/h4-11H,3,12H2,1-2H3/b13-10+. The maximum Gasteiger partial charge on any atom is 0.246 e. The molecule has 22 heavy (non-hydrogen) atoms. The van der Waals surface area contributed by atoms with Crippen LogP contribution in [0.5, 0.6) is 0 Å². The van der Waals surface area contributed by atoms with Gasteiger partial charge in [0.25, 0.3) is 0 Å². The Bertz CT molecular complexity index is 671. The highest BCUT2D eigenvalue weighted by Gasteiger charge is 2.10. The fraction of sp³-hybridized carbons (Fsp3) is 0.235. The third-order valence-electron chi connectivity index (χ3n) is 3.27. The summed E-state index contributed by atoms with van der Waals surface area (Å²) < 4.78 is 0. The molecule has 114 valence electrons. The highest BCUT2D eigenvalue weighted by molar-refractivity contribution is 6.30. The van der Waals surface area contributed by atoms with Crippen LogP contribution in [0.1, 0.15) is 24.6 Å². The van der Waals surface area contributed by atoms with E-state index in [1.165, 1.54) is 0 Å². The number of benzene rings is 1. The van der Waals surface area contributed by atoms with Crippen molar-refractivity contribution in [2.75, 3.05) is 7.05 Å². The molecule has 0 saturated carbocycles. The molecule has 0 spiro atoms. The van der Waals surface area contributed by atoms with Gasteiger partial charge in [-0.05, 0) is 29.7 Å². The van der Waals surface area contributed by atoms with Crippen molar-refractivity contribution in [2.24, 2.45) is 0 Å². The molecule has 0 aliphatic carbocycles. The van der Waals surface area contributed by atoms with E-state index in [1.807, 2.05) is 31.2 Å². The maximum atomic E-state index is 12.3. The van der Waals surface area contributed by atoms with E-state index in [0.717, 1.165) is 23.3 Å². The lowest BCUT2D eigenvalue weighted by molar-refractivity contribution is -0.125. The summed E-state index contributed by atoms with van der Waals surface area (Å²) in [5.41, 5.74) is 2.68. The van der Waals surface area contributed by atoms with Crippen LogP contribution in [0.4, 0.5) is 0 Å². The summed E-state index contributed by atoms with van der Waals surface area (Å²) in [5, 5.41) is 0.664. The number of hydrogen-bond donors (Lipinski definition) is 0. The molecule has 0 bridgehead atoms. The quantitative estimate of drug-likeness (QED) is 0.792. The van der Waals surface area contributed by atoms with E-state index in [2.05, 4.69) is 9.97 Å². The molecule has 0 atom stereocenters. The zero-order valence-corrected chi connectivity index (χ0v) is 13.4. The van der Waals surface area contributed by atoms with Crippen LogP contribution in [-0.4, -0.2) is 27.8 Å². The minimum Gasteiger partial charge on any atom is -0.336 e. The molecule has 1 heterocycles. The second-order valence-electron chi connectivity index (χ2n) is 4.92. The van der Waals surface area contributed by atoms with Crippen molar-refractivity contribution in [3.05, 3.63) is 65.2 Å². The van der Waals surface area contributed by atoms with Gasteiger partial charge in [-0.2, -0.15) is 0 Å². The van der Waals surface area contributed by atoms with Gasteiger partial charge in [0.2, 0.25) is 5.91 Å². The number of hydrogen-bond acceptors (Lipinski definition) is 3. The SMILES string of the molecule is CC/C(=C\C(=O)N(C)Cc1cnccn1)c1cccc(Cl)c1. The molecule has 5 heteroatoms. The first kappa shape index (κ1) is 16.2. The van der Waals surface area contributed by atoms with Gasteiger partial charge in [-0.3, -0.25) is 14.8 Å². The van der Waals surface area contributed by atoms with Gasteiger partial charge in [0.15, 0.2) is 0 Å². The number of nitrogens with zero attached hydrogens (tertiary/aromatic N) is 3. The molecular weight excluding hydrogens is 298 g/mol. The fourth-order valence-corrected chi connectivity index (χ4v) is 2.26. The number of halogens is 1. The van der Waals surface area contributed by atoms with Crippen molar-refractivity contribution in [2.45, 2.75) is 19.9 Å². The Morgan fingerprint density at radius 3 is 2.82 bits per heavy atom. The van der Waals surface area contributed by atoms with Crippen LogP contribution in [0.15, 0.2) is 48.9 Å². The molecule has 0 N–H and O–H groups in total. The minimum atomic E-state index is -0.0671. The zero-order valence-electron chi connectivity index (χ0n) is 12.7. The molecule has 0 saturated heterocycles. The summed E-state index contributed by atoms with van der Waals surface area (Å²) in [6, 6.07) is 7.53. The molecule has 0 aliphatic rings. The third kappa shape index (κ3) is 4.40. The normalized spacial score (nSPS) is 11.3. The van der Waals surface area contributed by atoms with Crippen molar-refractivity contribution < 1.29 is 4.79 Å². The first-order chi connectivity index (χ1) is 10.6. The first-order valence-corrected chi connectivity index (χ1v) is 7.44. The molecule has 2 aromatic rings. The van der Waals surface area contributed by atoms with Crippen LogP contribution in [0, 0.1) is 0 Å². The average molecular weight is 316 g/mol. The van der Waals surface area contributed by atoms with E-state index in [4.69, 9.17) is 11.6 Å². The number of allylic oxidation sites excluding steroid dienone is 1. The Morgan fingerprint density at radius 1 is 1.36 bits per heavy atom. The molecule has 0 radical (unpaired) electrons. The topological polar surface area (TPSA) is 46.1 Å². The van der Waals surface area contributed by atoms with Crippen molar-refractivity contribution in [1.82, 2.24) is 14.9 Å². The molecule has 1 amide bonds. The predicted molar refractivity (Wildman–Crippen MR) is 88.2 cm³/mol. The van der Waals surface area contributed by atoms with Crippen LogP contribution >= 0.6 is 11.6 Å². The van der Waals surface area contributed by atoms with Crippen LogP contribution in [0.2, 0.25) is 5.02 Å². The second kappa shape index (κ2) is 7.71. The van der Waals surface area contributed by atoms with Crippen LogP contribution in [-0.2, 0) is 11.3 Å². The molecule has 0 aliphatic heterocycles. The summed E-state index contributed by atoms with van der Waals surface area (Å²) in [4.78, 5) is 22.1. The number of carbonyl (C=O) groups excluding carboxylic acids is 1. The number of rotatable bonds is 5. The Morgan fingerprint density at radius 2 is 2.18 bits per heavy atom. The van der Waals surface area contributed by atoms with Crippen molar-refractivity contribution in [1.29, 1.82) is 0 Å². The highest BCUT2D eigenvalue weighted by Crippen LogP contribution is 2.21. The van der Waals surface area contributed by atoms with E-state index in [1.54, 1.807) is 36.6 Å². The van der Waals surface area contributed by atoms with Gasteiger partial charge in [-0.25, -0.2) is 0 Å². The van der Waals surface area contributed by atoms with E-state index >= 15 is 0 Å². The number of carbonyl (C=O) groups is 1. The molecular formula is C17H18ClN3O. The lowest BCUT2D eigenvalue weighted by Crippen LogP contribution is -2.25. The van der Waals surface area contributed by atoms with Crippen LogP contribution in [0.3, 0.4) is 0 Å². The van der Waals surface area contributed by atoms with Crippen molar-refractivity contribution in [3.63, 3.8) is 0 Å². The van der Waals surface area contributed by atoms with Gasteiger partial charge >= 0.3 is 0 Å². The lowest BCUT2D eigenvalue weighted by atomic mass is 10.0. The van der Waals surface area contributed by atoms with E-state index in [-0.39, 0.29) is 5.91 Å². The number of likely N-dealkylation sites (N-methyl/N-ethyl adjacent to an activating group) is 1. The second-order valence-corrected chi connectivity index (χ2v) is 5.36. The lowest BCUT2D eigenvalue weighted by Gasteiger charge is -2.15. The largest absolute Gasteiger partial charge is 0.336 e. The fourth-order valence-electron chi connectivity index (χ4n) is 2.07.